The van der Waals surface area contributed by atoms with E-state index in [0.717, 1.165) is 12.7 Å². The lowest BCUT2D eigenvalue weighted by Crippen LogP contribution is -1.74. The average molecular weight is 154 g/mol. The SMILES string of the molecule is CCCC=O.O=S(O)O. The van der Waals surface area contributed by atoms with Gasteiger partial charge in [0.2, 0.25) is 0 Å². The van der Waals surface area contributed by atoms with Crippen LogP contribution in [0.2, 0.25) is 0 Å². The Hall–Kier alpha value is -0.260. The van der Waals surface area contributed by atoms with Gasteiger partial charge in [0.15, 0.2) is 0 Å². The van der Waals surface area contributed by atoms with Crippen LogP contribution in [-0.2, 0) is 16.2 Å². The maximum atomic E-state index is 9.40. The maximum absolute atomic E-state index is 9.40. The van der Waals surface area contributed by atoms with Crippen molar-refractivity contribution in [1.82, 2.24) is 0 Å². The van der Waals surface area contributed by atoms with Crippen LogP contribution in [0.1, 0.15) is 19.8 Å². The van der Waals surface area contributed by atoms with Crippen LogP contribution in [0.4, 0.5) is 0 Å². The van der Waals surface area contributed by atoms with E-state index >= 15 is 0 Å². The zero-order valence-corrected chi connectivity index (χ0v) is 5.93. The molecule has 2 N–H and O–H groups in total. The molecular formula is C4H10O4S. The van der Waals surface area contributed by atoms with Crippen molar-refractivity contribution in [2.24, 2.45) is 0 Å². The third-order valence-corrected chi connectivity index (χ3v) is 0.407. The Balaban J connectivity index is 0. The van der Waals surface area contributed by atoms with Gasteiger partial charge in [0.05, 0.1) is 0 Å². The monoisotopic (exact) mass is 154 g/mol. The van der Waals surface area contributed by atoms with Crippen LogP contribution in [0.15, 0.2) is 0 Å². The first-order valence-electron chi connectivity index (χ1n) is 2.38. The van der Waals surface area contributed by atoms with Crippen LogP contribution in [0.5, 0.6) is 0 Å². The molecule has 0 aromatic heterocycles. The van der Waals surface area contributed by atoms with E-state index in [1.165, 1.54) is 0 Å². The van der Waals surface area contributed by atoms with Crippen molar-refractivity contribution in [2.75, 3.05) is 0 Å². The van der Waals surface area contributed by atoms with E-state index in [0.29, 0.717) is 6.42 Å². The standard InChI is InChI=1S/C4H8O.H2O3S/c1-2-3-4-5;1-4(2)3/h4H,2-3H2,1H3;(H2,1,2,3). The second kappa shape index (κ2) is 10.7. The highest BCUT2D eigenvalue weighted by molar-refractivity contribution is 7.73. The van der Waals surface area contributed by atoms with Gasteiger partial charge in [0.25, 0.3) is 11.4 Å². The van der Waals surface area contributed by atoms with Gasteiger partial charge in [-0.3, -0.25) is 9.11 Å². The molecule has 0 aliphatic carbocycles. The van der Waals surface area contributed by atoms with E-state index < -0.39 is 11.4 Å². The van der Waals surface area contributed by atoms with E-state index in [9.17, 15) is 4.79 Å². The number of carbonyl (C=O) groups is 1. The summed E-state index contributed by atoms with van der Waals surface area (Å²) in [6, 6.07) is 0. The molecule has 9 heavy (non-hydrogen) atoms. The summed E-state index contributed by atoms with van der Waals surface area (Å²) in [5.41, 5.74) is 0. The highest BCUT2D eigenvalue weighted by Gasteiger charge is 1.66. The summed E-state index contributed by atoms with van der Waals surface area (Å²) in [6.07, 6.45) is 2.61. The molecule has 0 heterocycles. The lowest BCUT2D eigenvalue weighted by Gasteiger charge is -1.68. The third-order valence-electron chi connectivity index (χ3n) is 0.407. The van der Waals surface area contributed by atoms with Crippen molar-refractivity contribution in [1.29, 1.82) is 0 Å². The predicted octanol–water partition coefficient (Wildman–Crippen LogP) is 0.666. The molecule has 0 aliphatic heterocycles. The van der Waals surface area contributed by atoms with Gasteiger partial charge in [-0.15, -0.1) is 0 Å². The number of carbonyl (C=O) groups excluding carboxylic acids is 1. The van der Waals surface area contributed by atoms with Gasteiger partial charge in [-0.1, -0.05) is 6.92 Å². The molecule has 0 unspecified atom stereocenters. The molecule has 0 rings (SSSR count). The highest BCUT2D eigenvalue weighted by Crippen LogP contribution is 1.74. The van der Waals surface area contributed by atoms with Crippen molar-refractivity contribution in [2.45, 2.75) is 19.8 Å². The van der Waals surface area contributed by atoms with Crippen LogP contribution in [0.25, 0.3) is 0 Å². The molecule has 0 atom stereocenters. The van der Waals surface area contributed by atoms with Crippen molar-refractivity contribution < 1.29 is 18.1 Å². The van der Waals surface area contributed by atoms with E-state index in [-0.39, 0.29) is 0 Å². The summed E-state index contributed by atoms with van der Waals surface area (Å²) in [6.45, 7) is 1.98. The Labute approximate surface area is 56.4 Å². The molecule has 56 valence electrons. The van der Waals surface area contributed by atoms with Crippen LogP contribution in [0.3, 0.4) is 0 Å². The van der Waals surface area contributed by atoms with E-state index in [4.69, 9.17) is 13.3 Å². The number of aldehydes is 1. The van der Waals surface area contributed by atoms with Crippen LogP contribution < -0.4 is 0 Å². The molecule has 0 fully saturated rings. The van der Waals surface area contributed by atoms with Crippen molar-refractivity contribution in [3.8, 4) is 0 Å². The minimum Gasteiger partial charge on any atom is -0.303 e. The first-order chi connectivity index (χ1) is 4.15. The molecule has 0 spiro atoms. The highest BCUT2D eigenvalue weighted by atomic mass is 32.2. The first-order valence-corrected chi connectivity index (χ1v) is 3.45. The Bertz CT molecular complexity index is 78.6. The molecule has 5 heteroatoms. The minimum absolute atomic E-state index is 0.708. The summed E-state index contributed by atoms with van der Waals surface area (Å²) < 4.78 is 22.8. The summed E-state index contributed by atoms with van der Waals surface area (Å²) in [7, 11) is 0. The number of hydrogen-bond donors (Lipinski definition) is 2. The fourth-order valence-corrected chi connectivity index (χ4v) is 0.118. The summed E-state index contributed by atoms with van der Waals surface area (Å²) in [5, 5.41) is 0. The molecule has 0 radical (unpaired) electrons. The van der Waals surface area contributed by atoms with E-state index in [1.807, 2.05) is 6.92 Å². The number of rotatable bonds is 2. The molecule has 0 aliphatic rings. The van der Waals surface area contributed by atoms with Crippen LogP contribution >= 0.6 is 0 Å². The molecule has 4 nitrogen and oxygen atoms in total. The lowest BCUT2D eigenvalue weighted by molar-refractivity contribution is -0.107. The average Bonchev–Trinajstić information content (AvgIpc) is 1.66. The molecule has 0 saturated heterocycles. The number of unbranched alkanes of at least 4 members (excludes halogenated alkanes) is 1. The molecule has 0 amide bonds. The van der Waals surface area contributed by atoms with Gasteiger partial charge in [-0.25, -0.2) is 0 Å². The molecular weight excluding hydrogens is 144 g/mol. The molecule has 0 bridgehead atoms. The van der Waals surface area contributed by atoms with Gasteiger partial charge in [-0.05, 0) is 6.42 Å². The Kier molecular flexibility index (Phi) is 13.7. The van der Waals surface area contributed by atoms with Crippen molar-refractivity contribution in [3.63, 3.8) is 0 Å². The largest absolute Gasteiger partial charge is 0.303 e. The summed E-state index contributed by atoms with van der Waals surface area (Å²) >= 11 is -2.61. The van der Waals surface area contributed by atoms with Gasteiger partial charge in [0, 0.05) is 6.42 Å². The Morgan fingerprint density at radius 3 is 1.89 bits per heavy atom. The normalized spacial score (nSPS) is 8.00. The zero-order chi connectivity index (χ0) is 7.70. The van der Waals surface area contributed by atoms with Crippen LogP contribution in [-0.4, -0.2) is 19.6 Å². The third kappa shape index (κ3) is 84.2. The fraction of sp³-hybridized carbons (Fsp3) is 0.750. The fourth-order valence-electron chi connectivity index (χ4n) is 0.118. The van der Waals surface area contributed by atoms with Crippen LogP contribution in [0, 0.1) is 0 Å². The summed E-state index contributed by atoms with van der Waals surface area (Å²) in [4.78, 5) is 9.40. The quantitative estimate of drug-likeness (QED) is 0.452. The summed E-state index contributed by atoms with van der Waals surface area (Å²) in [5.74, 6) is 0. The van der Waals surface area contributed by atoms with Gasteiger partial charge in [0.1, 0.15) is 6.29 Å². The predicted molar refractivity (Wildman–Crippen MR) is 34.4 cm³/mol. The Morgan fingerprint density at radius 1 is 1.56 bits per heavy atom. The number of hydrogen-bond acceptors (Lipinski definition) is 2. The minimum atomic E-state index is -2.61. The topological polar surface area (TPSA) is 74.6 Å². The van der Waals surface area contributed by atoms with Gasteiger partial charge < -0.3 is 4.79 Å². The lowest BCUT2D eigenvalue weighted by atomic mass is 10.4. The van der Waals surface area contributed by atoms with Gasteiger partial charge in [-0.2, -0.15) is 4.21 Å². The second-order valence-corrected chi connectivity index (χ2v) is 1.65. The molecule has 0 saturated carbocycles. The second-order valence-electron chi connectivity index (χ2n) is 1.19. The van der Waals surface area contributed by atoms with E-state index in [2.05, 4.69) is 0 Å². The molecule has 0 aromatic carbocycles. The maximum Gasteiger partial charge on any atom is 0.299 e. The Morgan fingerprint density at radius 2 is 1.89 bits per heavy atom. The van der Waals surface area contributed by atoms with Crippen molar-refractivity contribution >= 4 is 17.6 Å². The van der Waals surface area contributed by atoms with E-state index in [1.54, 1.807) is 0 Å². The zero-order valence-electron chi connectivity index (χ0n) is 5.11. The van der Waals surface area contributed by atoms with Gasteiger partial charge >= 0.3 is 0 Å². The first kappa shape index (κ1) is 11.5. The van der Waals surface area contributed by atoms with Crippen molar-refractivity contribution in [3.05, 3.63) is 0 Å². The molecule has 0 aromatic rings. The smallest absolute Gasteiger partial charge is 0.299 e.